The first kappa shape index (κ1) is 16.8. The van der Waals surface area contributed by atoms with E-state index in [4.69, 9.17) is 9.31 Å². The van der Waals surface area contributed by atoms with Crippen LogP contribution in [0.2, 0.25) is 0 Å². The Morgan fingerprint density at radius 2 is 1.78 bits per heavy atom. The van der Waals surface area contributed by atoms with Crippen LogP contribution in [0.1, 0.15) is 47.5 Å². The Labute approximate surface area is 139 Å². The standard InChI is InChI=1S/C18H27BFNO2/c1-13-7-6-8-21(12-13)16-10-14(9-15(20)11-16)19-22-17(2,3)18(4,5)23-19/h9-11,13H,6-8,12H2,1-5H3. The third-order valence-corrected chi connectivity index (χ3v) is 5.45. The molecule has 2 aliphatic heterocycles. The van der Waals surface area contributed by atoms with Crippen molar-refractivity contribution in [3.05, 3.63) is 24.0 Å². The van der Waals surface area contributed by atoms with Crippen LogP contribution < -0.4 is 10.4 Å². The maximum Gasteiger partial charge on any atom is 0.495 e. The molecule has 2 fully saturated rings. The molecule has 3 rings (SSSR count). The van der Waals surface area contributed by atoms with Crippen molar-refractivity contribution in [1.29, 1.82) is 0 Å². The number of halogens is 1. The molecule has 23 heavy (non-hydrogen) atoms. The predicted octanol–water partition coefficient (Wildman–Crippen LogP) is 3.36. The minimum Gasteiger partial charge on any atom is -0.399 e. The number of hydrogen-bond donors (Lipinski definition) is 0. The van der Waals surface area contributed by atoms with Crippen LogP contribution in [0.4, 0.5) is 10.1 Å². The lowest BCUT2D eigenvalue weighted by Gasteiger charge is -2.33. The highest BCUT2D eigenvalue weighted by Gasteiger charge is 2.51. The molecule has 2 aliphatic rings. The molecular weight excluding hydrogens is 292 g/mol. The highest BCUT2D eigenvalue weighted by Crippen LogP contribution is 2.36. The molecule has 1 aromatic carbocycles. The number of benzene rings is 1. The molecule has 1 unspecified atom stereocenters. The lowest BCUT2D eigenvalue weighted by atomic mass is 9.78. The number of piperidine rings is 1. The predicted molar refractivity (Wildman–Crippen MR) is 92.7 cm³/mol. The molecule has 0 saturated carbocycles. The van der Waals surface area contributed by atoms with Gasteiger partial charge in [0.25, 0.3) is 0 Å². The SMILES string of the molecule is CC1CCCN(c2cc(F)cc(B3OC(C)(C)C(C)(C)O3)c2)C1. The van der Waals surface area contributed by atoms with Crippen molar-refractivity contribution in [3.63, 3.8) is 0 Å². The fraction of sp³-hybridized carbons (Fsp3) is 0.667. The molecular formula is C18H27BFNO2. The molecule has 126 valence electrons. The molecule has 1 aromatic rings. The Morgan fingerprint density at radius 1 is 1.13 bits per heavy atom. The van der Waals surface area contributed by atoms with Crippen molar-refractivity contribution >= 4 is 18.3 Å². The molecule has 0 aliphatic carbocycles. The van der Waals surface area contributed by atoms with Crippen molar-refractivity contribution < 1.29 is 13.7 Å². The number of anilines is 1. The highest BCUT2D eigenvalue weighted by atomic mass is 19.1. The maximum atomic E-state index is 14.2. The molecule has 3 nitrogen and oxygen atoms in total. The summed E-state index contributed by atoms with van der Waals surface area (Å²) in [6.07, 6.45) is 2.40. The molecule has 0 N–H and O–H groups in total. The van der Waals surface area contributed by atoms with E-state index in [9.17, 15) is 4.39 Å². The number of hydrogen-bond acceptors (Lipinski definition) is 3. The molecule has 0 spiro atoms. The zero-order chi connectivity index (χ0) is 16.8. The first-order valence-corrected chi connectivity index (χ1v) is 8.59. The third kappa shape index (κ3) is 3.27. The third-order valence-electron chi connectivity index (χ3n) is 5.45. The van der Waals surface area contributed by atoms with E-state index in [0.29, 0.717) is 5.92 Å². The summed E-state index contributed by atoms with van der Waals surface area (Å²) in [5.74, 6) is 0.415. The molecule has 2 heterocycles. The zero-order valence-electron chi connectivity index (χ0n) is 14.9. The van der Waals surface area contributed by atoms with Crippen molar-refractivity contribution in [2.75, 3.05) is 18.0 Å². The van der Waals surface area contributed by atoms with Crippen molar-refractivity contribution in [1.82, 2.24) is 0 Å². The van der Waals surface area contributed by atoms with Crippen molar-refractivity contribution in [2.24, 2.45) is 5.92 Å². The fourth-order valence-corrected chi connectivity index (χ4v) is 3.32. The number of rotatable bonds is 2. The van der Waals surface area contributed by atoms with E-state index >= 15 is 0 Å². The van der Waals surface area contributed by atoms with Crippen LogP contribution in [-0.2, 0) is 9.31 Å². The van der Waals surface area contributed by atoms with Crippen LogP contribution in [0, 0.1) is 11.7 Å². The Bertz CT molecular complexity index is 574. The Hall–Kier alpha value is -1.07. The average Bonchev–Trinajstić information content (AvgIpc) is 2.67. The zero-order valence-corrected chi connectivity index (χ0v) is 14.9. The van der Waals surface area contributed by atoms with Crippen LogP contribution in [0.3, 0.4) is 0 Å². The van der Waals surface area contributed by atoms with Gasteiger partial charge >= 0.3 is 7.12 Å². The van der Waals surface area contributed by atoms with Crippen LogP contribution >= 0.6 is 0 Å². The lowest BCUT2D eigenvalue weighted by molar-refractivity contribution is 0.00578. The summed E-state index contributed by atoms with van der Waals surface area (Å²) < 4.78 is 26.3. The largest absolute Gasteiger partial charge is 0.495 e. The van der Waals surface area contributed by atoms with E-state index in [2.05, 4.69) is 11.8 Å². The monoisotopic (exact) mass is 319 g/mol. The summed E-state index contributed by atoms with van der Waals surface area (Å²) in [6.45, 7) is 12.3. The topological polar surface area (TPSA) is 21.7 Å². The minimum absolute atomic E-state index is 0.231. The van der Waals surface area contributed by atoms with Gasteiger partial charge in [0.2, 0.25) is 0 Å². The van der Waals surface area contributed by atoms with E-state index in [0.717, 1.165) is 30.7 Å². The van der Waals surface area contributed by atoms with Gasteiger partial charge in [0.15, 0.2) is 0 Å². The summed E-state index contributed by atoms with van der Waals surface area (Å²) in [7, 11) is -0.517. The first-order valence-electron chi connectivity index (χ1n) is 8.59. The van der Waals surface area contributed by atoms with Crippen molar-refractivity contribution in [2.45, 2.75) is 58.7 Å². The van der Waals surface area contributed by atoms with Crippen LogP contribution in [-0.4, -0.2) is 31.4 Å². The molecule has 0 amide bonds. The fourth-order valence-electron chi connectivity index (χ4n) is 3.32. The van der Waals surface area contributed by atoms with Crippen LogP contribution in [0.25, 0.3) is 0 Å². The second kappa shape index (κ2) is 5.78. The van der Waals surface area contributed by atoms with Gasteiger partial charge in [-0.05, 0) is 70.1 Å². The summed E-state index contributed by atoms with van der Waals surface area (Å²) >= 11 is 0. The Balaban J connectivity index is 1.87. The quantitative estimate of drug-likeness (QED) is 0.780. The average molecular weight is 319 g/mol. The smallest absolute Gasteiger partial charge is 0.399 e. The van der Waals surface area contributed by atoms with Gasteiger partial charge in [-0.2, -0.15) is 0 Å². The normalized spacial score (nSPS) is 26.6. The van der Waals surface area contributed by atoms with Gasteiger partial charge in [-0.25, -0.2) is 4.39 Å². The Kier molecular flexibility index (Phi) is 4.22. The second-order valence-corrected chi connectivity index (χ2v) is 8.02. The van der Waals surface area contributed by atoms with Gasteiger partial charge in [0.1, 0.15) is 5.82 Å². The Morgan fingerprint density at radius 3 is 2.39 bits per heavy atom. The van der Waals surface area contributed by atoms with E-state index in [-0.39, 0.29) is 5.82 Å². The van der Waals surface area contributed by atoms with Gasteiger partial charge in [0.05, 0.1) is 11.2 Å². The van der Waals surface area contributed by atoms with Gasteiger partial charge in [-0.1, -0.05) is 6.92 Å². The van der Waals surface area contributed by atoms with Crippen molar-refractivity contribution in [3.8, 4) is 0 Å². The molecule has 2 saturated heterocycles. The van der Waals surface area contributed by atoms with Gasteiger partial charge in [-0.15, -0.1) is 0 Å². The van der Waals surface area contributed by atoms with Gasteiger partial charge in [0, 0.05) is 18.8 Å². The lowest BCUT2D eigenvalue weighted by Crippen LogP contribution is -2.41. The van der Waals surface area contributed by atoms with Gasteiger partial charge < -0.3 is 14.2 Å². The highest BCUT2D eigenvalue weighted by molar-refractivity contribution is 6.62. The summed E-state index contributed by atoms with van der Waals surface area (Å²) in [5, 5.41) is 0. The first-order chi connectivity index (χ1) is 10.7. The second-order valence-electron chi connectivity index (χ2n) is 8.02. The molecule has 0 aromatic heterocycles. The van der Waals surface area contributed by atoms with E-state index in [1.54, 1.807) is 6.07 Å². The molecule has 0 bridgehead atoms. The van der Waals surface area contributed by atoms with Crippen LogP contribution in [0.15, 0.2) is 18.2 Å². The minimum atomic E-state index is -0.517. The van der Waals surface area contributed by atoms with Gasteiger partial charge in [-0.3, -0.25) is 0 Å². The van der Waals surface area contributed by atoms with E-state index < -0.39 is 18.3 Å². The molecule has 5 heteroatoms. The van der Waals surface area contributed by atoms with Crippen LogP contribution in [0.5, 0.6) is 0 Å². The molecule has 0 radical (unpaired) electrons. The van der Waals surface area contributed by atoms with E-state index in [1.807, 2.05) is 33.8 Å². The summed E-state index contributed by atoms with van der Waals surface area (Å²) in [4.78, 5) is 2.27. The molecule has 1 atom stereocenters. The maximum absolute atomic E-state index is 14.2. The van der Waals surface area contributed by atoms with E-state index in [1.165, 1.54) is 12.5 Å². The summed E-state index contributed by atoms with van der Waals surface area (Å²) in [5.41, 5.74) is 0.867. The summed E-state index contributed by atoms with van der Waals surface area (Å²) in [6, 6.07) is 5.16. The number of nitrogens with zero attached hydrogens (tertiary/aromatic N) is 1.